The Bertz CT molecular complexity index is 679. The maximum absolute atomic E-state index is 12.8. The van der Waals surface area contributed by atoms with Crippen molar-refractivity contribution in [3.63, 3.8) is 0 Å². The first kappa shape index (κ1) is 30.6. The van der Waals surface area contributed by atoms with Gasteiger partial charge in [0.1, 0.15) is 18.1 Å². The summed E-state index contributed by atoms with van der Waals surface area (Å²) in [6.07, 6.45) is 1.60. The van der Waals surface area contributed by atoms with E-state index in [1.165, 1.54) is 18.7 Å². The summed E-state index contributed by atoms with van der Waals surface area (Å²) in [6.45, 7) is 1.74. The highest BCUT2D eigenvalue weighted by Crippen LogP contribution is 2.05. The van der Waals surface area contributed by atoms with E-state index in [2.05, 4.69) is 16.0 Å². The van der Waals surface area contributed by atoms with Gasteiger partial charge in [0.05, 0.1) is 18.6 Å². The first-order chi connectivity index (χ1) is 15.4. The van der Waals surface area contributed by atoms with Crippen LogP contribution in [0.2, 0.25) is 0 Å². The van der Waals surface area contributed by atoms with Crippen LogP contribution < -0.4 is 33.2 Å². The van der Waals surface area contributed by atoms with Crippen LogP contribution in [0.25, 0.3) is 0 Å². The zero-order chi connectivity index (χ0) is 25.6. The van der Waals surface area contributed by atoms with Crippen molar-refractivity contribution < 1.29 is 34.2 Å². The average molecular weight is 493 g/mol. The SMILES string of the molecule is CSCCC(NC(=O)C(NC(=O)C(N)CCCCN)C(C)O)C(=O)NC(CC(N)=O)C(=O)O. The van der Waals surface area contributed by atoms with Crippen LogP contribution in [-0.4, -0.2) is 88.6 Å². The number of carbonyl (C=O) groups excluding carboxylic acids is 4. The highest BCUT2D eigenvalue weighted by atomic mass is 32.2. The molecule has 0 fully saturated rings. The minimum atomic E-state index is -1.57. The predicted molar refractivity (Wildman–Crippen MR) is 123 cm³/mol. The largest absolute Gasteiger partial charge is 0.480 e. The summed E-state index contributed by atoms with van der Waals surface area (Å²) in [4.78, 5) is 60.1. The topological polar surface area (TPSA) is 240 Å². The lowest BCUT2D eigenvalue weighted by atomic mass is 10.1. The first-order valence-electron chi connectivity index (χ1n) is 10.5. The molecule has 0 heterocycles. The molecule has 0 rings (SSSR count). The van der Waals surface area contributed by atoms with E-state index < -0.39 is 66.3 Å². The van der Waals surface area contributed by atoms with Gasteiger partial charge < -0.3 is 43.4 Å². The molecule has 13 nitrogen and oxygen atoms in total. The third-order valence-electron chi connectivity index (χ3n) is 4.63. The number of amides is 4. The third-order valence-corrected chi connectivity index (χ3v) is 5.28. The molecule has 0 aliphatic heterocycles. The zero-order valence-corrected chi connectivity index (χ0v) is 19.7. The summed E-state index contributed by atoms with van der Waals surface area (Å²) >= 11 is 1.38. The molecule has 0 spiro atoms. The Hall–Kier alpha value is -2.42. The molecule has 0 aliphatic carbocycles. The molecule has 11 N–H and O–H groups in total. The Balaban J connectivity index is 5.32. The minimum Gasteiger partial charge on any atom is -0.480 e. The van der Waals surface area contributed by atoms with Crippen LogP contribution in [0.1, 0.15) is 39.0 Å². The van der Waals surface area contributed by atoms with Crippen molar-refractivity contribution in [2.24, 2.45) is 17.2 Å². The van der Waals surface area contributed by atoms with E-state index >= 15 is 0 Å². The number of aliphatic hydroxyl groups is 1. The Morgan fingerprint density at radius 3 is 2.03 bits per heavy atom. The summed E-state index contributed by atoms with van der Waals surface area (Å²) in [5.74, 6) is -4.30. The average Bonchev–Trinajstić information content (AvgIpc) is 2.73. The highest BCUT2D eigenvalue weighted by Gasteiger charge is 2.32. The van der Waals surface area contributed by atoms with Crippen LogP contribution in [-0.2, 0) is 24.0 Å². The van der Waals surface area contributed by atoms with Gasteiger partial charge in [0.25, 0.3) is 0 Å². The predicted octanol–water partition coefficient (Wildman–Crippen LogP) is -3.01. The highest BCUT2D eigenvalue weighted by molar-refractivity contribution is 7.98. The molecule has 5 unspecified atom stereocenters. The van der Waals surface area contributed by atoms with E-state index in [-0.39, 0.29) is 6.42 Å². The molecular formula is C19H36N6O7S. The number of aliphatic carboxylic acids is 1. The lowest BCUT2D eigenvalue weighted by Crippen LogP contribution is -2.60. The number of carbonyl (C=O) groups is 5. The lowest BCUT2D eigenvalue weighted by molar-refractivity contribution is -0.144. The van der Waals surface area contributed by atoms with Crippen molar-refractivity contribution in [1.82, 2.24) is 16.0 Å². The number of thioether (sulfide) groups is 1. The van der Waals surface area contributed by atoms with Crippen LogP contribution in [0.3, 0.4) is 0 Å². The quantitative estimate of drug-likeness (QED) is 0.0956. The Morgan fingerprint density at radius 1 is 0.939 bits per heavy atom. The van der Waals surface area contributed by atoms with Crippen LogP contribution in [0.4, 0.5) is 0 Å². The fourth-order valence-electron chi connectivity index (χ4n) is 2.74. The minimum absolute atomic E-state index is 0.126. The molecule has 0 saturated heterocycles. The molecule has 0 aromatic rings. The summed E-state index contributed by atoms with van der Waals surface area (Å²) in [7, 11) is 0. The Labute approximate surface area is 196 Å². The molecule has 0 bridgehead atoms. The normalized spacial score (nSPS) is 15.4. The number of hydrogen-bond acceptors (Lipinski definition) is 9. The van der Waals surface area contributed by atoms with Crippen molar-refractivity contribution in [2.45, 2.75) is 69.3 Å². The van der Waals surface area contributed by atoms with Crippen LogP contribution in [0.5, 0.6) is 0 Å². The fraction of sp³-hybridized carbons (Fsp3) is 0.737. The molecule has 190 valence electrons. The van der Waals surface area contributed by atoms with Gasteiger partial charge in [-0.1, -0.05) is 6.42 Å². The maximum Gasteiger partial charge on any atom is 0.326 e. The number of carboxylic acid groups (broad SMARTS) is 1. The maximum atomic E-state index is 12.8. The number of rotatable bonds is 17. The van der Waals surface area contributed by atoms with Crippen LogP contribution in [0.15, 0.2) is 0 Å². The van der Waals surface area contributed by atoms with E-state index in [1.54, 1.807) is 6.26 Å². The second-order valence-corrected chi connectivity index (χ2v) is 8.52. The van der Waals surface area contributed by atoms with E-state index in [0.29, 0.717) is 31.6 Å². The van der Waals surface area contributed by atoms with Gasteiger partial charge >= 0.3 is 5.97 Å². The molecule has 14 heteroatoms. The van der Waals surface area contributed by atoms with Crippen LogP contribution in [0, 0.1) is 0 Å². The van der Waals surface area contributed by atoms with Crippen molar-refractivity contribution in [3.05, 3.63) is 0 Å². The van der Waals surface area contributed by atoms with Gasteiger partial charge in [-0.25, -0.2) is 4.79 Å². The number of carboxylic acids is 1. The number of aliphatic hydroxyl groups excluding tert-OH is 1. The number of nitrogens with one attached hydrogen (secondary N) is 3. The summed E-state index contributed by atoms with van der Waals surface area (Å²) in [5, 5.41) is 26.2. The van der Waals surface area contributed by atoms with E-state index in [0.717, 1.165) is 0 Å². The molecule has 0 aromatic carbocycles. The Kier molecular flexibility index (Phi) is 15.0. The fourth-order valence-corrected chi connectivity index (χ4v) is 3.22. The van der Waals surface area contributed by atoms with Crippen molar-refractivity contribution in [1.29, 1.82) is 0 Å². The second kappa shape index (κ2) is 16.2. The van der Waals surface area contributed by atoms with Crippen molar-refractivity contribution >= 4 is 41.4 Å². The first-order valence-corrected chi connectivity index (χ1v) is 11.9. The van der Waals surface area contributed by atoms with Gasteiger partial charge in [-0.3, -0.25) is 19.2 Å². The summed E-state index contributed by atoms with van der Waals surface area (Å²) in [6, 6.07) is -5.06. The molecular weight excluding hydrogens is 456 g/mol. The zero-order valence-electron chi connectivity index (χ0n) is 18.9. The number of nitrogens with two attached hydrogens (primary N) is 3. The molecule has 0 aromatic heterocycles. The molecule has 0 saturated carbocycles. The van der Waals surface area contributed by atoms with Crippen molar-refractivity contribution in [3.8, 4) is 0 Å². The molecule has 33 heavy (non-hydrogen) atoms. The van der Waals surface area contributed by atoms with Gasteiger partial charge in [-0.05, 0) is 44.7 Å². The smallest absolute Gasteiger partial charge is 0.326 e. The van der Waals surface area contributed by atoms with Crippen LogP contribution >= 0.6 is 11.8 Å². The molecule has 4 amide bonds. The van der Waals surface area contributed by atoms with E-state index in [1.807, 2.05) is 0 Å². The van der Waals surface area contributed by atoms with Gasteiger partial charge in [0, 0.05) is 0 Å². The Morgan fingerprint density at radius 2 is 1.55 bits per heavy atom. The number of primary amides is 1. The molecule has 0 aliphatic rings. The van der Waals surface area contributed by atoms with Crippen molar-refractivity contribution in [2.75, 3.05) is 18.6 Å². The van der Waals surface area contributed by atoms with Gasteiger partial charge in [0.2, 0.25) is 23.6 Å². The monoisotopic (exact) mass is 492 g/mol. The van der Waals surface area contributed by atoms with E-state index in [9.17, 15) is 34.2 Å². The van der Waals surface area contributed by atoms with Gasteiger partial charge in [-0.2, -0.15) is 11.8 Å². The third kappa shape index (κ3) is 12.4. The summed E-state index contributed by atoms with van der Waals surface area (Å²) < 4.78 is 0. The van der Waals surface area contributed by atoms with Gasteiger partial charge in [0.15, 0.2) is 0 Å². The standard InChI is InChI=1S/C19H36N6O7S/c1-10(26)15(25-16(28)11(21)5-3-4-7-20)18(30)23-12(6-8-33-2)17(29)24-13(19(31)32)9-14(22)27/h10-13,15,26H,3-9,20-21H2,1-2H3,(H2,22,27)(H,23,30)(H,24,29)(H,25,28)(H,31,32). The number of hydrogen-bond donors (Lipinski definition) is 8. The summed E-state index contributed by atoms with van der Waals surface area (Å²) in [5.41, 5.74) is 16.2. The number of unbranched alkanes of at least 4 members (excludes halogenated alkanes) is 1. The lowest BCUT2D eigenvalue weighted by Gasteiger charge is -2.26. The molecule has 0 radical (unpaired) electrons. The van der Waals surface area contributed by atoms with E-state index in [4.69, 9.17) is 17.2 Å². The molecule has 5 atom stereocenters. The second-order valence-electron chi connectivity index (χ2n) is 7.53. The van der Waals surface area contributed by atoms with Gasteiger partial charge in [-0.15, -0.1) is 0 Å².